The van der Waals surface area contributed by atoms with Crippen LogP contribution in [0.25, 0.3) is 11.8 Å². The van der Waals surface area contributed by atoms with Crippen LogP contribution in [0.3, 0.4) is 0 Å². The fourth-order valence-electron chi connectivity index (χ4n) is 4.34. The van der Waals surface area contributed by atoms with E-state index in [1.165, 1.54) is 10.5 Å². The van der Waals surface area contributed by atoms with Crippen molar-refractivity contribution in [1.29, 1.82) is 0 Å². The summed E-state index contributed by atoms with van der Waals surface area (Å²) in [6.45, 7) is 8.22. The van der Waals surface area contributed by atoms with Crippen LogP contribution in [0.4, 0.5) is 5.69 Å². The van der Waals surface area contributed by atoms with E-state index in [1.807, 2.05) is 56.3 Å². The summed E-state index contributed by atoms with van der Waals surface area (Å²) < 4.78 is 2.13. The number of nitrogens with one attached hydrogen (secondary N) is 1. The van der Waals surface area contributed by atoms with Crippen molar-refractivity contribution in [3.63, 3.8) is 0 Å². The van der Waals surface area contributed by atoms with Gasteiger partial charge in [0.05, 0.1) is 5.69 Å². The minimum Gasteiger partial charge on any atom is -0.318 e. The molecule has 6 heteroatoms. The lowest BCUT2D eigenvalue weighted by molar-refractivity contribution is -0.122. The fraction of sp³-hybridized carbons (Fsp3) is 0.250. The molecule has 174 valence electrons. The predicted octanol–water partition coefficient (Wildman–Crippen LogP) is 5.58. The molecular weight excluding hydrogens is 442 g/mol. The number of aromatic nitrogens is 1. The van der Waals surface area contributed by atoms with Crippen LogP contribution in [0, 0.1) is 20.8 Å². The molecule has 1 aliphatic rings. The molecule has 34 heavy (non-hydrogen) atoms. The van der Waals surface area contributed by atoms with E-state index in [2.05, 4.69) is 35.9 Å². The quantitative estimate of drug-likeness (QED) is 0.290. The van der Waals surface area contributed by atoms with Crippen LogP contribution in [0.15, 0.2) is 60.2 Å². The van der Waals surface area contributed by atoms with Crippen LogP contribution in [0.1, 0.15) is 47.8 Å². The Balaban J connectivity index is 1.68. The van der Waals surface area contributed by atoms with Crippen molar-refractivity contribution in [2.75, 3.05) is 4.90 Å². The number of benzene rings is 2. The summed E-state index contributed by atoms with van der Waals surface area (Å²) in [5.41, 5.74) is 6.93. The second-order valence-corrected chi connectivity index (χ2v) is 9.12. The molecule has 0 aliphatic carbocycles. The third kappa shape index (κ3) is 4.59. The van der Waals surface area contributed by atoms with Gasteiger partial charge in [-0.05, 0) is 98.9 Å². The number of unbranched alkanes of at least 4 members (excludes halogenated alkanes) is 1. The van der Waals surface area contributed by atoms with Gasteiger partial charge in [0.2, 0.25) is 0 Å². The lowest BCUT2D eigenvalue weighted by Gasteiger charge is -2.29. The van der Waals surface area contributed by atoms with Crippen LogP contribution in [-0.2, 0) is 16.0 Å². The molecular formula is C28H29N3O2S. The molecule has 4 rings (SSSR count). The van der Waals surface area contributed by atoms with Crippen molar-refractivity contribution >= 4 is 40.9 Å². The molecule has 0 spiro atoms. The molecule has 2 heterocycles. The first-order valence-electron chi connectivity index (χ1n) is 11.6. The van der Waals surface area contributed by atoms with E-state index in [-0.39, 0.29) is 10.7 Å². The highest BCUT2D eigenvalue weighted by molar-refractivity contribution is 7.80. The van der Waals surface area contributed by atoms with Gasteiger partial charge in [0, 0.05) is 17.1 Å². The number of carbonyl (C=O) groups excluding carboxylic acids is 2. The first-order valence-corrected chi connectivity index (χ1v) is 12.0. The van der Waals surface area contributed by atoms with Gasteiger partial charge in [0.1, 0.15) is 5.57 Å². The number of rotatable bonds is 6. The molecule has 2 amide bonds. The third-order valence-corrected chi connectivity index (χ3v) is 6.43. The SMILES string of the molecule is CCCCc1ccc(N2C(=O)/C(=C\c3cc(C)n(-c4cccc(C)c4)c3C)C(=O)NC2=S)cc1. The summed E-state index contributed by atoms with van der Waals surface area (Å²) in [6, 6.07) is 18.0. The maximum absolute atomic E-state index is 13.4. The number of anilines is 1. The maximum Gasteiger partial charge on any atom is 0.270 e. The summed E-state index contributed by atoms with van der Waals surface area (Å²) in [5.74, 6) is -0.901. The van der Waals surface area contributed by atoms with Gasteiger partial charge in [-0.1, -0.05) is 37.6 Å². The smallest absolute Gasteiger partial charge is 0.270 e. The zero-order chi connectivity index (χ0) is 24.4. The van der Waals surface area contributed by atoms with Crippen molar-refractivity contribution in [3.8, 4) is 5.69 Å². The summed E-state index contributed by atoms with van der Waals surface area (Å²) in [4.78, 5) is 27.6. The van der Waals surface area contributed by atoms with Crippen LogP contribution in [0.2, 0.25) is 0 Å². The number of thiocarbonyl (C=S) groups is 1. The van der Waals surface area contributed by atoms with E-state index in [1.54, 1.807) is 6.08 Å². The second kappa shape index (κ2) is 9.77. The Morgan fingerprint density at radius 2 is 1.71 bits per heavy atom. The minimum atomic E-state index is -0.480. The number of aryl methyl sites for hydroxylation is 3. The molecule has 1 saturated heterocycles. The average Bonchev–Trinajstić information content (AvgIpc) is 3.08. The van der Waals surface area contributed by atoms with E-state index in [0.717, 1.165) is 47.5 Å². The van der Waals surface area contributed by atoms with Crippen LogP contribution in [0.5, 0.6) is 0 Å². The van der Waals surface area contributed by atoms with Gasteiger partial charge in [-0.2, -0.15) is 0 Å². The summed E-state index contributed by atoms with van der Waals surface area (Å²) in [6.07, 6.45) is 4.90. The molecule has 1 N–H and O–H groups in total. The zero-order valence-electron chi connectivity index (χ0n) is 20.0. The van der Waals surface area contributed by atoms with Crippen molar-refractivity contribution in [1.82, 2.24) is 9.88 Å². The molecule has 2 aromatic carbocycles. The standard InChI is InChI=1S/C28H29N3O2S/c1-5-6-9-21-11-13-23(14-12-21)31-27(33)25(26(32)29-28(31)34)17-22-16-19(3)30(20(22)4)24-10-7-8-18(2)15-24/h7-8,10-17H,5-6,9H2,1-4H3,(H,29,32,34)/b25-17-. The average molecular weight is 472 g/mol. The lowest BCUT2D eigenvalue weighted by Crippen LogP contribution is -2.54. The second-order valence-electron chi connectivity index (χ2n) is 8.73. The highest BCUT2D eigenvalue weighted by Crippen LogP contribution is 2.26. The van der Waals surface area contributed by atoms with E-state index < -0.39 is 11.8 Å². The molecule has 3 aromatic rings. The number of nitrogens with zero attached hydrogens (tertiary/aromatic N) is 2. The first-order chi connectivity index (χ1) is 16.3. The van der Waals surface area contributed by atoms with Gasteiger partial charge in [-0.15, -0.1) is 0 Å². The van der Waals surface area contributed by atoms with Crippen molar-refractivity contribution < 1.29 is 9.59 Å². The van der Waals surface area contributed by atoms with Crippen molar-refractivity contribution in [2.24, 2.45) is 0 Å². The zero-order valence-corrected chi connectivity index (χ0v) is 20.8. The molecule has 1 aliphatic heterocycles. The maximum atomic E-state index is 13.4. The molecule has 1 fully saturated rings. The molecule has 0 unspecified atom stereocenters. The molecule has 0 radical (unpaired) electrons. The molecule has 0 saturated carbocycles. The topological polar surface area (TPSA) is 54.3 Å². The number of amides is 2. The minimum absolute atomic E-state index is 0.0631. The van der Waals surface area contributed by atoms with Gasteiger partial charge in [0.15, 0.2) is 5.11 Å². The number of carbonyl (C=O) groups is 2. The van der Waals surface area contributed by atoms with Crippen molar-refractivity contribution in [3.05, 3.63) is 88.2 Å². The predicted molar refractivity (Wildman–Crippen MR) is 141 cm³/mol. The molecule has 5 nitrogen and oxygen atoms in total. The van der Waals surface area contributed by atoms with Gasteiger partial charge >= 0.3 is 0 Å². The number of hydrogen-bond donors (Lipinski definition) is 1. The first kappa shape index (κ1) is 23.6. The van der Waals surface area contributed by atoms with Gasteiger partial charge in [-0.3, -0.25) is 19.8 Å². The summed E-state index contributed by atoms with van der Waals surface area (Å²) in [5, 5.41) is 2.78. The van der Waals surface area contributed by atoms with E-state index in [9.17, 15) is 9.59 Å². The number of hydrogen-bond acceptors (Lipinski definition) is 3. The Morgan fingerprint density at radius 3 is 2.38 bits per heavy atom. The highest BCUT2D eigenvalue weighted by atomic mass is 32.1. The van der Waals surface area contributed by atoms with Crippen LogP contribution in [-0.4, -0.2) is 21.5 Å². The fourth-order valence-corrected chi connectivity index (χ4v) is 4.62. The molecule has 1 aromatic heterocycles. The van der Waals surface area contributed by atoms with Gasteiger partial charge in [-0.25, -0.2) is 0 Å². The van der Waals surface area contributed by atoms with E-state index in [4.69, 9.17) is 12.2 Å². The highest BCUT2D eigenvalue weighted by Gasteiger charge is 2.34. The summed E-state index contributed by atoms with van der Waals surface area (Å²) in [7, 11) is 0. The Hall–Kier alpha value is -3.51. The molecule has 0 atom stereocenters. The molecule has 0 bridgehead atoms. The Labute approximate surface area is 206 Å². The van der Waals surface area contributed by atoms with Crippen molar-refractivity contribution in [2.45, 2.75) is 47.0 Å². The largest absolute Gasteiger partial charge is 0.318 e. The monoisotopic (exact) mass is 471 g/mol. The lowest BCUT2D eigenvalue weighted by atomic mass is 10.1. The van der Waals surface area contributed by atoms with Crippen LogP contribution < -0.4 is 10.2 Å². The van der Waals surface area contributed by atoms with Crippen LogP contribution >= 0.6 is 12.2 Å². The van der Waals surface area contributed by atoms with E-state index >= 15 is 0 Å². The Bertz CT molecular complexity index is 1300. The van der Waals surface area contributed by atoms with E-state index in [0.29, 0.717) is 5.69 Å². The summed E-state index contributed by atoms with van der Waals surface area (Å²) >= 11 is 5.35. The Morgan fingerprint density at radius 1 is 0.971 bits per heavy atom. The normalized spacial score (nSPS) is 15.2. The van der Waals surface area contributed by atoms with Gasteiger partial charge in [0.25, 0.3) is 11.8 Å². The third-order valence-electron chi connectivity index (χ3n) is 6.15. The Kier molecular flexibility index (Phi) is 6.80. The van der Waals surface area contributed by atoms with Gasteiger partial charge < -0.3 is 4.57 Å².